The lowest BCUT2D eigenvalue weighted by atomic mass is 9.93. The molecule has 2 unspecified atom stereocenters. The highest BCUT2D eigenvalue weighted by atomic mass is 79.9. The maximum Gasteiger partial charge on any atom is 0.315 e. The van der Waals surface area contributed by atoms with E-state index in [1.54, 1.807) is 0 Å². The van der Waals surface area contributed by atoms with Crippen molar-refractivity contribution in [1.82, 2.24) is 10.6 Å². The van der Waals surface area contributed by atoms with Crippen molar-refractivity contribution in [2.24, 2.45) is 0 Å². The van der Waals surface area contributed by atoms with E-state index in [-0.39, 0.29) is 12.1 Å². The molecule has 5 heteroatoms. The van der Waals surface area contributed by atoms with Crippen LogP contribution in [0.1, 0.15) is 36.8 Å². The molecule has 0 heterocycles. The monoisotopic (exact) mass is 340 g/mol. The van der Waals surface area contributed by atoms with E-state index in [1.807, 2.05) is 25.1 Å². The fourth-order valence-corrected chi connectivity index (χ4v) is 3.01. The summed E-state index contributed by atoms with van der Waals surface area (Å²) in [5, 5.41) is 15.5. The van der Waals surface area contributed by atoms with Crippen molar-refractivity contribution >= 4 is 22.0 Å². The third-order valence-corrected chi connectivity index (χ3v) is 4.28. The molecule has 1 fully saturated rings. The van der Waals surface area contributed by atoms with Crippen LogP contribution < -0.4 is 10.6 Å². The fourth-order valence-electron chi connectivity index (χ4n) is 2.53. The van der Waals surface area contributed by atoms with Crippen molar-refractivity contribution in [2.45, 2.75) is 51.3 Å². The third-order valence-electron chi connectivity index (χ3n) is 3.79. The van der Waals surface area contributed by atoms with Crippen LogP contribution in [0, 0.1) is 6.92 Å². The summed E-state index contributed by atoms with van der Waals surface area (Å²) < 4.78 is 1.04. The number of aliphatic hydroxyl groups is 1. The number of aryl methyl sites for hydroxylation is 1. The number of benzene rings is 1. The quantitative estimate of drug-likeness (QED) is 0.792. The van der Waals surface area contributed by atoms with Crippen LogP contribution in [-0.4, -0.2) is 23.3 Å². The minimum atomic E-state index is -0.413. The van der Waals surface area contributed by atoms with Gasteiger partial charge in [0, 0.05) is 11.0 Å². The van der Waals surface area contributed by atoms with Crippen LogP contribution in [0.15, 0.2) is 22.7 Å². The Bertz CT molecular complexity index is 479. The normalized spacial score (nSPS) is 22.4. The molecule has 1 aliphatic carbocycles. The molecule has 1 saturated carbocycles. The van der Waals surface area contributed by atoms with E-state index in [9.17, 15) is 9.90 Å². The predicted molar refractivity (Wildman–Crippen MR) is 82.5 cm³/mol. The summed E-state index contributed by atoms with van der Waals surface area (Å²) in [6.45, 7) is 2.51. The van der Waals surface area contributed by atoms with Gasteiger partial charge in [-0.25, -0.2) is 4.79 Å². The molecule has 1 aromatic carbocycles. The van der Waals surface area contributed by atoms with Gasteiger partial charge in [-0.05, 0) is 43.0 Å². The van der Waals surface area contributed by atoms with Crippen LogP contribution in [0.25, 0.3) is 0 Å². The van der Waals surface area contributed by atoms with Gasteiger partial charge in [0.2, 0.25) is 0 Å². The Morgan fingerprint density at radius 2 is 2.15 bits per heavy atom. The molecule has 0 bridgehead atoms. The number of hydrogen-bond acceptors (Lipinski definition) is 2. The van der Waals surface area contributed by atoms with Crippen LogP contribution in [-0.2, 0) is 6.54 Å². The van der Waals surface area contributed by atoms with Crippen LogP contribution in [0.4, 0.5) is 4.79 Å². The van der Waals surface area contributed by atoms with Crippen molar-refractivity contribution in [3.63, 3.8) is 0 Å². The van der Waals surface area contributed by atoms with Crippen molar-refractivity contribution < 1.29 is 9.90 Å². The lowest BCUT2D eigenvalue weighted by Crippen LogP contribution is -2.48. The van der Waals surface area contributed by atoms with Gasteiger partial charge in [0.1, 0.15) is 0 Å². The van der Waals surface area contributed by atoms with E-state index in [1.165, 1.54) is 0 Å². The number of rotatable bonds is 3. The zero-order valence-corrected chi connectivity index (χ0v) is 13.2. The Balaban J connectivity index is 1.82. The molecule has 0 spiro atoms. The molecule has 0 radical (unpaired) electrons. The summed E-state index contributed by atoms with van der Waals surface area (Å²) in [6.07, 6.45) is 3.32. The Labute approximate surface area is 128 Å². The predicted octanol–water partition coefficient (Wildman–Crippen LogP) is 2.86. The van der Waals surface area contributed by atoms with Gasteiger partial charge in [-0.15, -0.1) is 0 Å². The van der Waals surface area contributed by atoms with Gasteiger partial charge in [0.25, 0.3) is 0 Å². The maximum atomic E-state index is 11.9. The molecule has 2 atom stereocenters. The summed E-state index contributed by atoms with van der Waals surface area (Å²) in [7, 11) is 0. The lowest BCUT2D eigenvalue weighted by Gasteiger charge is -2.28. The third kappa shape index (κ3) is 4.21. The van der Waals surface area contributed by atoms with Gasteiger partial charge in [-0.1, -0.05) is 34.8 Å². The van der Waals surface area contributed by atoms with Crippen molar-refractivity contribution in [3.05, 3.63) is 33.8 Å². The molecule has 110 valence electrons. The Morgan fingerprint density at radius 1 is 1.40 bits per heavy atom. The Hall–Kier alpha value is -1.07. The van der Waals surface area contributed by atoms with Crippen LogP contribution in [0.2, 0.25) is 0 Å². The van der Waals surface area contributed by atoms with Crippen LogP contribution in [0.3, 0.4) is 0 Å². The molecule has 0 aromatic heterocycles. The Kier molecular flexibility index (Phi) is 5.43. The summed E-state index contributed by atoms with van der Waals surface area (Å²) in [4.78, 5) is 11.9. The second kappa shape index (κ2) is 7.09. The first kappa shape index (κ1) is 15.3. The molecule has 0 saturated heterocycles. The van der Waals surface area contributed by atoms with Crippen LogP contribution in [0.5, 0.6) is 0 Å². The molecule has 2 amide bonds. The van der Waals surface area contributed by atoms with Gasteiger partial charge < -0.3 is 15.7 Å². The van der Waals surface area contributed by atoms with E-state index in [4.69, 9.17) is 0 Å². The average Bonchev–Trinajstić information content (AvgIpc) is 2.40. The van der Waals surface area contributed by atoms with Gasteiger partial charge in [0.15, 0.2) is 0 Å². The highest BCUT2D eigenvalue weighted by Gasteiger charge is 2.24. The summed E-state index contributed by atoms with van der Waals surface area (Å²) >= 11 is 3.42. The number of carbonyl (C=O) groups excluding carboxylic acids is 1. The van der Waals surface area contributed by atoms with Gasteiger partial charge in [0.05, 0.1) is 12.1 Å². The number of aliphatic hydroxyl groups excluding tert-OH is 1. The number of hydrogen-bond donors (Lipinski definition) is 3. The first-order chi connectivity index (χ1) is 9.56. The number of halogens is 1. The highest BCUT2D eigenvalue weighted by molar-refractivity contribution is 9.10. The van der Waals surface area contributed by atoms with Gasteiger partial charge in [-0.2, -0.15) is 0 Å². The molecule has 3 N–H and O–H groups in total. The van der Waals surface area contributed by atoms with E-state index in [0.717, 1.165) is 41.3 Å². The molecule has 1 aromatic rings. The minimum Gasteiger partial charge on any atom is -0.391 e. The van der Waals surface area contributed by atoms with E-state index in [0.29, 0.717) is 6.54 Å². The van der Waals surface area contributed by atoms with E-state index in [2.05, 4.69) is 26.6 Å². The molecule has 4 nitrogen and oxygen atoms in total. The molecule has 1 aliphatic rings. The first-order valence-corrected chi connectivity index (χ1v) is 7.83. The largest absolute Gasteiger partial charge is 0.391 e. The highest BCUT2D eigenvalue weighted by Crippen LogP contribution is 2.18. The maximum absolute atomic E-state index is 11.9. The average molecular weight is 341 g/mol. The molecule has 2 rings (SSSR count). The Morgan fingerprint density at radius 3 is 2.85 bits per heavy atom. The standard InChI is InChI=1S/C15H21BrN2O2/c1-10-8-12(16)7-6-11(10)9-17-15(20)18-13-4-2-3-5-14(13)19/h6-8,13-14,19H,2-5,9H2,1H3,(H2,17,18,20). The van der Waals surface area contributed by atoms with E-state index >= 15 is 0 Å². The lowest BCUT2D eigenvalue weighted by molar-refractivity contribution is 0.0943. The van der Waals surface area contributed by atoms with Crippen molar-refractivity contribution in [1.29, 1.82) is 0 Å². The number of urea groups is 1. The molecule has 0 aliphatic heterocycles. The number of carbonyl (C=O) groups is 1. The number of nitrogens with one attached hydrogen (secondary N) is 2. The van der Waals surface area contributed by atoms with E-state index < -0.39 is 6.10 Å². The van der Waals surface area contributed by atoms with Gasteiger partial charge >= 0.3 is 6.03 Å². The van der Waals surface area contributed by atoms with Crippen molar-refractivity contribution in [3.8, 4) is 0 Å². The summed E-state index contributed by atoms with van der Waals surface area (Å²) in [6, 6.07) is 5.66. The zero-order valence-electron chi connectivity index (χ0n) is 11.7. The molecule has 20 heavy (non-hydrogen) atoms. The zero-order chi connectivity index (χ0) is 14.5. The second-order valence-electron chi connectivity index (χ2n) is 5.36. The molecular weight excluding hydrogens is 320 g/mol. The second-order valence-corrected chi connectivity index (χ2v) is 6.27. The fraction of sp³-hybridized carbons (Fsp3) is 0.533. The smallest absolute Gasteiger partial charge is 0.315 e. The SMILES string of the molecule is Cc1cc(Br)ccc1CNC(=O)NC1CCCCC1O. The topological polar surface area (TPSA) is 61.4 Å². The first-order valence-electron chi connectivity index (χ1n) is 7.03. The molecular formula is C15H21BrN2O2. The summed E-state index contributed by atoms with van der Waals surface area (Å²) in [5.41, 5.74) is 2.23. The summed E-state index contributed by atoms with van der Waals surface area (Å²) in [5.74, 6) is 0. The van der Waals surface area contributed by atoms with Crippen molar-refractivity contribution in [2.75, 3.05) is 0 Å². The number of amides is 2. The van der Waals surface area contributed by atoms with Crippen LogP contribution >= 0.6 is 15.9 Å². The van der Waals surface area contributed by atoms with Gasteiger partial charge in [-0.3, -0.25) is 0 Å². The minimum absolute atomic E-state index is 0.116.